The van der Waals surface area contributed by atoms with Crippen molar-refractivity contribution in [3.63, 3.8) is 0 Å². The van der Waals surface area contributed by atoms with Gasteiger partial charge in [-0.05, 0) is 67.7 Å². The lowest BCUT2D eigenvalue weighted by atomic mass is 10.0. The molecule has 2 unspecified atom stereocenters. The summed E-state index contributed by atoms with van der Waals surface area (Å²) in [5, 5.41) is 7.68. The SMILES string of the molecule is COc1ccccc1NC(=O)CCN1C(=S)NC(c2ccccn2)C1c1ccc(Sc2ccc(C)cc2)o1. The summed E-state index contributed by atoms with van der Waals surface area (Å²) in [7, 11) is 1.58. The summed E-state index contributed by atoms with van der Waals surface area (Å²) in [6.45, 7) is 2.47. The molecular weight excluding hydrogens is 516 g/mol. The van der Waals surface area contributed by atoms with Crippen molar-refractivity contribution < 1.29 is 13.9 Å². The van der Waals surface area contributed by atoms with Crippen molar-refractivity contribution in [3.05, 3.63) is 102 Å². The number of thiocarbonyl (C=S) groups is 1. The number of anilines is 1. The number of pyridine rings is 1. The molecule has 4 aromatic rings. The van der Waals surface area contributed by atoms with E-state index in [1.165, 1.54) is 5.56 Å². The minimum atomic E-state index is -0.260. The second kappa shape index (κ2) is 11.7. The number of carbonyl (C=O) groups excluding carboxylic acids is 1. The standard InChI is InChI=1S/C29H28N4O3S2/c1-19-10-12-20(13-11-19)38-26-15-14-24(36-26)28-27(22-8-5-6-17-30-22)32-29(37)33(28)18-16-25(34)31-21-7-3-4-9-23(21)35-2/h3-15,17,27-28H,16,18H2,1-2H3,(H,31,34)(H,32,37). The number of methoxy groups -OCH3 is 1. The first-order chi connectivity index (χ1) is 18.5. The number of amides is 1. The highest BCUT2D eigenvalue weighted by molar-refractivity contribution is 7.99. The van der Waals surface area contributed by atoms with Gasteiger partial charge in [0.1, 0.15) is 17.6 Å². The summed E-state index contributed by atoms with van der Waals surface area (Å²) in [6.07, 6.45) is 2.00. The van der Waals surface area contributed by atoms with Gasteiger partial charge in [0.05, 0.1) is 24.5 Å². The fourth-order valence-corrected chi connectivity index (χ4v) is 5.52. The molecule has 2 aromatic carbocycles. The van der Waals surface area contributed by atoms with Gasteiger partial charge in [-0.1, -0.05) is 47.7 Å². The van der Waals surface area contributed by atoms with Gasteiger partial charge in [0.2, 0.25) is 5.91 Å². The molecule has 2 N–H and O–H groups in total. The molecule has 0 aliphatic carbocycles. The van der Waals surface area contributed by atoms with E-state index < -0.39 is 0 Å². The largest absolute Gasteiger partial charge is 0.495 e. The lowest BCUT2D eigenvalue weighted by Gasteiger charge is -2.25. The number of aryl methyl sites for hydroxylation is 1. The Labute approximate surface area is 231 Å². The Morgan fingerprint density at radius 3 is 2.66 bits per heavy atom. The maximum Gasteiger partial charge on any atom is 0.226 e. The van der Waals surface area contributed by atoms with Crippen LogP contribution < -0.4 is 15.4 Å². The van der Waals surface area contributed by atoms with Crippen molar-refractivity contribution in [1.82, 2.24) is 15.2 Å². The van der Waals surface area contributed by atoms with E-state index >= 15 is 0 Å². The Balaban J connectivity index is 1.36. The second-order valence-corrected chi connectivity index (χ2v) is 10.4. The predicted octanol–water partition coefficient (Wildman–Crippen LogP) is 6.14. The summed E-state index contributed by atoms with van der Waals surface area (Å²) in [5.74, 6) is 1.24. The van der Waals surface area contributed by atoms with Gasteiger partial charge in [0.15, 0.2) is 10.2 Å². The number of hydrogen-bond acceptors (Lipinski definition) is 6. The molecule has 1 fully saturated rings. The van der Waals surface area contributed by atoms with Gasteiger partial charge in [-0.3, -0.25) is 9.78 Å². The number of para-hydroxylation sites is 2. The summed E-state index contributed by atoms with van der Waals surface area (Å²) in [5.41, 5.74) is 2.70. The Kier molecular flexibility index (Phi) is 7.95. The summed E-state index contributed by atoms with van der Waals surface area (Å²) >= 11 is 7.30. The van der Waals surface area contributed by atoms with Gasteiger partial charge >= 0.3 is 0 Å². The first kappa shape index (κ1) is 25.8. The molecule has 2 atom stereocenters. The average molecular weight is 545 g/mol. The third-order valence-electron chi connectivity index (χ3n) is 6.29. The van der Waals surface area contributed by atoms with Gasteiger partial charge in [0, 0.05) is 24.1 Å². The van der Waals surface area contributed by atoms with Crippen LogP contribution in [0.15, 0.2) is 99.5 Å². The smallest absolute Gasteiger partial charge is 0.226 e. The molecule has 7 nitrogen and oxygen atoms in total. The van der Waals surface area contributed by atoms with E-state index in [4.69, 9.17) is 21.4 Å². The second-order valence-electron chi connectivity index (χ2n) is 8.89. The average Bonchev–Trinajstić information content (AvgIpc) is 3.53. The first-order valence-corrected chi connectivity index (χ1v) is 13.5. The minimum Gasteiger partial charge on any atom is -0.495 e. The van der Waals surface area contributed by atoms with Crippen molar-refractivity contribution in [1.29, 1.82) is 0 Å². The Hall–Kier alpha value is -3.82. The van der Waals surface area contributed by atoms with Crippen LogP contribution in [-0.2, 0) is 4.79 Å². The Morgan fingerprint density at radius 1 is 1.11 bits per heavy atom. The van der Waals surface area contributed by atoms with Gasteiger partial charge in [-0.15, -0.1) is 0 Å². The molecule has 1 amide bonds. The minimum absolute atomic E-state index is 0.132. The molecule has 0 saturated carbocycles. The highest BCUT2D eigenvalue weighted by Crippen LogP contribution is 2.41. The van der Waals surface area contributed by atoms with E-state index in [9.17, 15) is 4.79 Å². The molecule has 194 valence electrons. The zero-order valence-electron chi connectivity index (χ0n) is 21.1. The molecule has 1 aliphatic rings. The molecule has 9 heteroatoms. The molecule has 5 rings (SSSR count). The number of benzene rings is 2. The maximum atomic E-state index is 12.9. The van der Waals surface area contributed by atoms with Crippen molar-refractivity contribution in [3.8, 4) is 5.75 Å². The van der Waals surface area contributed by atoms with Crippen LogP contribution in [0.3, 0.4) is 0 Å². The number of carbonyl (C=O) groups is 1. The monoisotopic (exact) mass is 544 g/mol. The van der Waals surface area contributed by atoms with Crippen LogP contribution in [0, 0.1) is 6.92 Å². The van der Waals surface area contributed by atoms with Crippen LogP contribution in [-0.4, -0.2) is 34.6 Å². The molecule has 0 spiro atoms. The molecule has 0 radical (unpaired) electrons. The number of ether oxygens (including phenoxy) is 1. The molecule has 2 aromatic heterocycles. The van der Waals surface area contributed by atoms with Crippen LogP contribution in [0.25, 0.3) is 0 Å². The van der Waals surface area contributed by atoms with Crippen LogP contribution in [0.5, 0.6) is 5.75 Å². The molecular formula is C29H28N4O3S2. The first-order valence-electron chi connectivity index (χ1n) is 12.3. The number of rotatable bonds is 9. The van der Waals surface area contributed by atoms with Crippen molar-refractivity contribution >= 4 is 40.7 Å². The third-order valence-corrected chi connectivity index (χ3v) is 7.57. The van der Waals surface area contributed by atoms with E-state index in [-0.39, 0.29) is 24.4 Å². The van der Waals surface area contributed by atoms with Crippen LogP contribution in [0.4, 0.5) is 5.69 Å². The fourth-order valence-electron chi connectivity index (χ4n) is 4.41. The van der Waals surface area contributed by atoms with Crippen LogP contribution >= 0.6 is 24.0 Å². The summed E-state index contributed by atoms with van der Waals surface area (Å²) < 4.78 is 11.7. The number of aromatic nitrogens is 1. The number of nitrogens with one attached hydrogen (secondary N) is 2. The van der Waals surface area contributed by atoms with Crippen LogP contribution in [0.1, 0.15) is 35.5 Å². The van der Waals surface area contributed by atoms with E-state index in [0.29, 0.717) is 23.1 Å². The molecule has 38 heavy (non-hydrogen) atoms. The highest BCUT2D eigenvalue weighted by Gasteiger charge is 2.41. The Bertz CT molecular complexity index is 1410. The topological polar surface area (TPSA) is 79.6 Å². The lowest BCUT2D eigenvalue weighted by molar-refractivity contribution is -0.116. The van der Waals surface area contributed by atoms with E-state index in [0.717, 1.165) is 21.4 Å². The zero-order valence-corrected chi connectivity index (χ0v) is 22.7. The molecule has 1 aliphatic heterocycles. The normalized spacial score (nSPS) is 16.8. The van der Waals surface area contributed by atoms with E-state index in [2.05, 4.69) is 46.8 Å². The summed E-state index contributed by atoms with van der Waals surface area (Å²) in [6, 6.07) is 25.0. The maximum absolute atomic E-state index is 12.9. The molecule has 1 saturated heterocycles. The number of furan rings is 1. The third kappa shape index (κ3) is 5.84. The molecule has 3 heterocycles. The van der Waals surface area contributed by atoms with Crippen molar-refractivity contribution in [2.24, 2.45) is 0 Å². The van der Waals surface area contributed by atoms with E-state index in [1.54, 1.807) is 25.1 Å². The van der Waals surface area contributed by atoms with Crippen LogP contribution in [0.2, 0.25) is 0 Å². The highest BCUT2D eigenvalue weighted by atomic mass is 32.2. The summed E-state index contributed by atoms with van der Waals surface area (Å²) in [4.78, 5) is 20.6. The predicted molar refractivity (Wildman–Crippen MR) is 152 cm³/mol. The zero-order chi connectivity index (χ0) is 26.5. The van der Waals surface area contributed by atoms with Crippen molar-refractivity contribution in [2.45, 2.75) is 35.4 Å². The fraction of sp³-hybridized carbons (Fsp3) is 0.207. The van der Waals surface area contributed by atoms with Crippen molar-refractivity contribution in [2.75, 3.05) is 19.0 Å². The number of hydrogen-bond donors (Lipinski definition) is 2. The van der Waals surface area contributed by atoms with Gasteiger partial charge < -0.3 is 24.7 Å². The number of nitrogens with zero attached hydrogens (tertiary/aromatic N) is 2. The quantitative estimate of drug-likeness (QED) is 0.243. The lowest BCUT2D eigenvalue weighted by Crippen LogP contribution is -2.32. The van der Waals surface area contributed by atoms with Gasteiger partial charge in [-0.2, -0.15) is 0 Å². The van der Waals surface area contributed by atoms with Gasteiger partial charge in [0.25, 0.3) is 0 Å². The Morgan fingerprint density at radius 2 is 1.89 bits per heavy atom. The molecule has 0 bridgehead atoms. The van der Waals surface area contributed by atoms with Gasteiger partial charge in [-0.25, -0.2) is 0 Å². The van der Waals surface area contributed by atoms with E-state index in [1.807, 2.05) is 59.5 Å².